The number of hydrogen-bond donors (Lipinski definition) is 1. The van der Waals surface area contributed by atoms with Crippen molar-refractivity contribution in [3.8, 4) is 0 Å². The van der Waals surface area contributed by atoms with Crippen molar-refractivity contribution < 1.29 is 17.6 Å². The van der Waals surface area contributed by atoms with Crippen LogP contribution in [0.5, 0.6) is 0 Å². The van der Waals surface area contributed by atoms with Crippen molar-refractivity contribution in [1.29, 1.82) is 0 Å². The summed E-state index contributed by atoms with van der Waals surface area (Å²) in [6.45, 7) is 2.67. The Morgan fingerprint density at radius 1 is 1.23 bits per heavy atom. The quantitative estimate of drug-likeness (QED) is 0.889. The van der Waals surface area contributed by atoms with Crippen molar-refractivity contribution in [2.75, 3.05) is 6.54 Å². The molecule has 2 aromatic rings. The maximum Gasteiger partial charge on any atom is 0.238 e. The predicted molar refractivity (Wildman–Crippen MR) is 96.2 cm³/mol. The Kier molecular flexibility index (Phi) is 5.11. The number of carbonyl (C=O) groups excluding carboxylic acids is 1. The maximum atomic E-state index is 13.8. The van der Waals surface area contributed by atoms with E-state index in [9.17, 15) is 17.6 Å². The molecule has 5 nitrogen and oxygen atoms in total. The van der Waals surface area contributed by atoms with E-state index in [2.05, 4.69) is 0 Å². The number of rotatable bonds is 4. The summed E-state index contributed by atoms with van der Waals surface area (Å²) in [6.07, 6.45) is 0.977. The lowest BCUT2D eigenvalue weighted by molar-refractivity contribution is -0.135. The topological polar surface area (TPSA) is 80.5 Å². The van der Waals surface area contributed by atoms with Gasteiger partial charge in [-0.15, -0.1) is 0 Å². The van der Waals surface area contributed by atoms with E-state index in [0.717, 1.165) is 11.1 Å². The van der Waals surface area contributed by atoms with Crippen molar-refractivity contribution >= 4 is 15.9 Å². The lowest BCUT2D eigenvalue weighted by Crippen LogP contribution is -2.39. The Bertz CT molecular complexity index is 944. The molecule has 0 aliphatic carbocycles. The van der Waals surface area contributed by atoms with Gasteiger partial charge >= 0.3 is 0 Å². The molecule has 26 heavy (non-hydrogen) atoms. The van der Waals surface area contributed by atoms with Crippen molar-refractivity contribution in [3.63, 3.8) is 0 Å². The highest BCUT2D eigenvalue weighted by Crippen LogP contribution is 2.24. The smallest absolute Gasteiger partial charge is 0.238 e. The molecule has 0 aromatic heterocycles. The second kappa shape index (κ2) is 7.17. The number of amides is 1. The van der Waals surface area contributed by atoms with Gasteiger partial charge in [0.25, 0.3) is 0 Å². The van der Waals surface area contributed by atoms with Crippen LogP contribution < -0.4 is 5.14 Å². The molecule has 3 rings (SSSR count). The lowest BCUT2D eigenvalue weighted by Gasteiger charge is -2.31. The predicted octanol–water partition coefficient (Wildman–Crippen LogP) is 2.24. The van der Waals surface area contributed by atoms with Crippen molar-refractivity contribution in [3.05, 3.63) is 65.0 Å². The minimum Gasteiger partial charge on any atom is -0.338 e. The fraction of sp³-hybridized carbons (Fsp3) is 0.316. The SMILES string of the molecule is CC(Cc1ccccc1F)C(=O)N1CCc2ccc(S(N)(=O)=O)cc2C1. The zero-order chi connectivity index (χ0) is 18.9. The first-order valence-electron chi connectivity index (χ1n) is 8.42. The molecule has 0 saturated heterocycles. The summed E-state index contributed by atoms with van der Waals surface area (Å²) in [7, 11) is -3.78. The van der Waals surface area contributed by atoms with Crippen LogP contribution in [0.4, 0.5) is 4.39 Å². The van der Waals surface area contributed by atoms with Crippen molar-refractivity contribution in [2.45, 2.75) is 31.2 Å². The fourth-order valence-corrected chi connectivity index (χ4v) is 3.86. The first kappa shape index (κ1) is 18.5. The Balaban J connectivity index is 1.75. The molecular weight excluding hydrogens is 355 g/mol. The van der Waals surface area contributed by atoms with Crippen molar-refractivity contribution in [2.24, 2.45) is 11.1 Å². The number of sulfonamides is 1. The Morgan fingerprint density at radius 3 is 2.65 bits per heavy atom. The van der Waals surface area contributed by atoms with Gasteiger partial charge in [-0.1, -0.05) is 31.2 Å². The number of nitrogens with two attached hydrogens (primary N) is 1. The summed E-state index contributed by atoms with van der Waals surface area (Å²) in [4.78, 5) is 14.5. The van der Waals surface area contributed by atoms with Gasteiger partial charge in [0.2, 0.25) is 15.9 Å². The van der Waals surface area contributed by atoms with Crippen LogP contribution >= 0.6 is 0 Å². The van der Waals surface area contributed by atoms with Crippen LogP contribution in [0.25, 0.3) is 0 Å². The first-order chi connectivity index (χ1) is 12.3. The molecule has 1 unspecified atom stereocenters. The van der Waals surface area contributed by atoms with Gasteiger partial charge in [-0.25, -0.2) is 17.9 Å². The third kappa shape index (κ3) is 3.94. The van der Waals surface area contributed by atoms with E-state index in [-0.39, 0.29) is 22.5 Å². The van der Waals surface area contributed by atoms with Crippen LogP contribution in [0, 0.1) is 11.7 Å². The highest BCUT2D eigenvalue weighted by atomic mass is 32.2. The Hall–Kier alpha value is -2.25. The molecule has 0 saturated carbocycles. The van der Waals surface area contributed by atoms with Gasteiger partial charge in [-0.3, -0.25) is 4.79 Å². The van der Waals surface area contributed by atoms with Gasteiger partial charge in [0.05, 0.1) is 4.90 Å². The molecule has 2 aromatic carbocycles. The number of carbonyl (C=O) groups is 1. The van der Waals surface area contributed by atoms with Gasteiger partial charge in [-0.2, -0.15) is 0 Å². The largest absolute Gasteiger partial charge is 0.338 e. The van der Waals surface area contributed by atoms with Crippen molar-refractivity contribution in [1.82, 2.24) is 4.90 Å². The molecule has 1 heterocycles. The number of hydrogen-bond acceptors (Lipinski definition) is 3. The lowest BCUT2D eigenvalue weighted by atomic mass is 9.96. The molecule has 7 heteroatoms. The summed E-state index contributed by atoms with van der Waals surface area (Å²) in [5.41, 5.74) is 2.32. The van der Waals surface area contributed by atoms with E-state index in [1.165, 1.54) is 18.2 Å². The number of primary sulfonamides is 1. The summed E-state index contributed by atoms with van der Waals surface area (Å²) in [5.74, 6) is -0.747. The third-order valence-corrected chi connectivity index (χ3v) is 5.65. The highest BCUT2D eigenvalue weighted by Gasteiger charge is 2.26. The van der Waals surface area contributed by atoms with Crippen LogP contribution in [0.15, 0.2) is 47.4 Å². The number of benzene rings is 2. The van der Waals surface area contributed by atoms with E-state index in [1.54, 1.807) is 36.1 Å². The van der Waals surface area contributed by atoms with E-state index in [1.807, 2.05) is 0 Å². The molecule has 0 fully saturated rings. The number of nitrogens with zero attached hydrogens (tertiary/aromatic N) is 1. The Morgan fingerprint density at radius 2 is 1.96 bits per heavy atom. The van der Waals surface area contributed by atoms with Gasteiger partial charge in [0.1, 0.15) is 5.82 Å². The van der Waals surface area contributed by atoms with Gasteiger partial charge in [-0.05, 0) is 47.7 Å². The number of halogens is 1. The average Bonchev–Trinajstić information content (AvgIpc) is 2.61. The molecule has 1 aliphatic rings. The molecule has 1 aliphatic heterocycles. The normalized spacial score (nSPS) is 15.4. The molecular formula is C19H21FN2O3S. The minimum absolute atomic E-state index is 0.0463. The van der Waals surface area contributed by atoms with E-state index in [0.29, 0.717) is 31.5 Å². The Labute approximate surface area is 152 Å². The van der Waals surface area contributed by atoms with E-state index >= 15 is 0 Å². The summed E-state index contributed by atoms with van der Waals surface area (Å²) >= 11 is 0. The van der Waals surface area contributed by atoms with Gasteiger partial charge < -0.3 is 4.90 Å². The zero-order valence-corrected chi connectivity index (χ0v) is 15.3. The zero-order valence-electron chi connectivity index (χ0n) is 14.5. The molecule has 1 amide bonds. The fourth-order valence-electron chi connectivity index (χ4n) is 3.29. The summed E-state index contributed by atoms with van der Waals surface area (Å²) in [6, 6.07) is 11.2. The van der Waals surface area contributed by atoms with Crippen LogP contribution in [-0.4, -0.2) is 25.8 Å². The maximum absolute atomic E-state index is 13.8. The average molecular weight is 376 g/mol. The molecule has 0 bridgehead atoms. The molecule has 1 atom stereocenters. The minimum atomic E-state index is -3.78. The second-order valence-corrected chi connectivity index (χ2v) is 8.24. The molecule has 2 N–H and O–H groups in total. The van der Waals surface area contributed by atoms with Gasteiger partial charge in [0.15, 0.2) is 0 Å². The van der Waals surface area contributed by atoms with Gasteiger partial charge in [0, 0.05) is 19.0 Å². The number of fused-ring (bicyclic) bond motifs is 1. The summed E-state index contributed by atoms with van der Waals surface area (Å²) < 4.78 is 36.9. The van der Waals surface area contributed by atoms with Crippen LogP contribution in [0.3, 0.4) is 0 Å². The van der Waals surface area contributed by atoms with E-state index in [4.69, 9.17) is 5.14 Å². The highest BCUT2D eigenvalue weighted by molar-refractivity contribution is 7.89. The molecule has 0 radical (unpaired) electrons. The van der Waals surface area contributed by atoms with E-state index < -0.39 is 10.0 Å². The van der Waals surface area contributed by atoms with Crippen LogP contribution in [0.2, 0.25) is 0 Å². The third-order valence-electron chi connectivity index (χ3n) is 4.74. The standard InChI is InChI=1S/C19H21FN2O3S/c1-13(10-15-4-2-3-5-18(15)20)19(23)22-9-8-14-6-7-17(26(21,24)25)11-16(14)12-22/h2-7,11,13H,8-10,12H2,1H3,(H2,21,24,25). The monoisotopic (exact) mass is 376 g/mol. The van der Waals surface area contributed by atoms with Crippen LogP contribution in [0.1, 0.15) is 23.6 Å². The first-order valence-corrected chi connectivity index (χ1v) is 9.97. The molecule has 138 valence electrons. The molecule has 0 spiro atoms. The second-order valence-electron chi connectivity index (χ2n) is 6.68. The van der Waals surface area contributed by atoms with Crippen LogP contribution in [-0.2, 0) is 34.2 Å². The summed E-state index contributed by atoms with van der Waals surface area (Å²) in [5, 5.41) is 5.19.